The maximum absolute atomic E-state index is 12.2. The Morgan fingerprint density at radius 3 is 2.42 bits per heavy atom. The van der Waals surface area contributed by atoms with E-state index in [1.165, 1.54) is 6.92 Å². The number of benzene rings is 2. The second-order valence-corrected chi connectivity index (χ2v) is 5.15. The fraction of sp³-hybridized carbons (Fsp3) is 0.167. The molecule has 122 valence electrons. The number of hydrogen-bond donors (Lipinski definition) is 2. The summed E-state index contributed by atoms with van der Waals surface area (Å²) >= 11 is 0. The van der Waals surface area contributed by atoms with E-state index >= 15 is 0 Å². The van der Waals surface area contributed by atoms with Gasteiger partial charge in [-0.05, 0) is 37.3 Å². The van der Waals surface area contributed by atoms with E-state index in [1.807, 2.05) is 6.07 Å². The van der Waals surface area contributed by atoms with Gasteiger partial charge in [0, 0.05) is 24.4 Å². The van der Waals surface area contributed by atoms with Gasteiger partial charge in [0.2, 0.25) is 5.91 Å². The smallest absolute Gasteiger partial charge is 0.265 e. The molecule has 0 aliphatic rings. The van der Waals surface area contributed by atoms with Gasteiger partial charge in [-0.2, -0.15) is 5.26 Å². The van der Waals surface area contributed by atoms with Gasteiger partial charge in [-0.15, -0.1) is 0 Å². The van der Waals surface area contributed by atoms with Crippen LogP contribution < -0.4 is 15.4 Å². The number of carbonyl (C=O) groups is 2. The predicted octanol–water partition coefficient (Wildman–Crippen LogP) is 2.92. The Labute approximate surface area is 140 Å². The van der Waals surface area contributed by atoms with Gasteiger partial charge in [0.15, 0.2) is 6.10 Å². The number of nitrogens with one attached hydrogen (secondary N) is 2. The second kappa shape index (κ2) is 7.79. The highest BCUT2D eigenvalue weighted by atomic mass is 16.5. The lowest BCUT2D eigenvalue weighted by atomic mass is 10.2. The first-order valence-electron chi connectivity index (χ1n) is 7.33. The molecule has 6 nitrogen and oxygen atoms in total. The molecule has 2 amide bonds. The van der Waals surface area contributed by atoms with Crippen LogP contribution in [0.3, 0.4) is 0 Å². The fourth-order valence-corrected chi connectivity index (χ4v) is 2.02. The Bertz CT molecular complexity index is 796. The summed E-state index contributed by atoms with van der Waals surface area (Å²) in [4.78, 5) is 23.3. The molecule has 0 unspecified atom stereocenters. The average Bonchev–Trinajstić information content (AvgIpc) is 2.54. The van der Waals surface area contributed by atoms with Crippen molar-refractivity contribution < 1.29 is 14.3 Å². The third-order valence-corrected chi connectivity index (χ3v) is 3.10. The summed E-state index contributed by atoms with van der Waals surface area (Å²) in [6.45, 7) is 3.04. The summed E-state index contributed by atoms with van der Waals surface area (Å²) in [5, 5.41) is 14.2. The Kier molecular flexibility index (Phi) is 5.53. The van der Waals surface area contributed by atoms with Gasteiger partial charge in [0.25, 0.3) is 5.91 Å². The van der Waals surface area contributed by atoms with E-state index in [4.69, 9.17) is 10.00 Å². The Morgan fingerprint density at radius 2 is 1.75 bits per heavy atom. The number of nitrogens with zero attached hydrogens (tertiary/aromatic N) is 1. The van der Waals surface area contributed by atoms with E-state index in [0.717, 1.165) is 0 Å². The highest BCUT2D eigenvalue weighted by molar-refractivity contribution is 5.94. The molecule has 1 atom stereocenters. The first-order valence-corrected chi connectivity index (χ1v) is 7.33. The fourth-order valence-electron chi connectivity index (χ4n) is 2.02. The molecule has 0 spiro atoms. The van der Waals surface area contributed by atoms with Crippen LogP contribution in [0.2, 0.25) is 0 Å². The highest BCUT2D eigenvalue weighted by Crippen LogP contribution is 2.19. The molecule has 24 heavy (non-hydrogen) atoms. The minimum atomic E-state index is -0.747. The van der Waals surface area contributed by atoms with Crippen LogP contribution in [-0.4, -0.2) is 17.9 Å². The van der Waals surface area contributed by atoms with Crippen LogP contribution in [0.25, 0.3) is 0 Å². The molecule has 0 radical (unpaired) electrons. The summed E-state index contributed by atoms with van der Waals surface area (Å²) in [6.07, 6.45) is -0.747. The largest absolute Gasteiger partial charge is 0.481 e. The van der Waals surface area contributed by atoms with Crippen molar-refractivity contribution in [3.05, 3.63) is 54.1 Å². The van der Waals surface area contributed by atoms with Crippen molar-refractivity contribution in [3.8, 4) is 11.8 Å². The molecule has 0 saturated heterocycles. The molecule has 2 rings (SSSR count). The van der Waals surface area contributed by atoms with Gasteiger partial charge in [-0.1, -0.05) is 12.1 Å². The zero-order valence-corrected chi connectivity index (χ0v) is 13.4. The number of nitriles is 1. The normalized spacial score (nSPS) is 11.0. The first kappa shape index (κ1) is 17.0. The monoisotopic (exact) mass is 323 g/mol. The SMILES string of the molecule is CC(=O)Nc1cccc(O[C@H](C)C(=O)Nc2cccc(C#N)c2)c1. The molecule has 0 aliphatic heterocycles. The number of hydrogen-bond acceptors (Lipinski definition) is 4. The lowest BCUT2D eigenvalue weighted by Crippen LogP contribution is -2.30. The minimum absolute atomic E-state index is 0.185. The van der Waals surface area contributed by atoms with E-state index in [9.17, 15) is 9.59 Å². The third kappa shape index (κ3) is 4.85. The molecular weight excluding hydrogens is 306 g/mol. The summed E-state index contributed by atoms with van der Waals surface area (Å²) in [5.74, 6) is -0.0555. The standard InChI is InChI=1S/C18H17N3O3/c1-12(18(23)21-15-6-3-5-14(9-15)11-19)24-17-8-4-7-16(10-17)20-13(2)22/h3-10,12H,1-2H3,(H,20,22)(H,21,23)/t12-/m1/s1. The number of amides is 2. The molecule has 0 aromatic heterocycles. The van der Waals surface area contributed by atoms with Gasteiger partial charge >= 0.3 is 0 Å². The molecule has 2 N–H and O–H groups in total. The van der Waals surface area contributed by atoms with E-state index in [1.54, 1.807) is 55.5 Å². The van der Waals surface area contributed by atoms with Crippen LogP contribution in [0.5, 0.6) is 5.75 Å². The molecule has 2 aromatic carbocycles. The van der Waals surface area contributed by atoms with Crippen LogP contribution in [0, 0.1) is 11.3 Å². The van der Waals surface area contributed by atoms with Crippen LogP contribution >= 0.6 is 0 Å². The number of anilines is 2. The molecule has 0 bridgehead atoms. The molecule has 6 heteroatoms. The van der Waals surface area contributed by atoms with Crippen molar-refractivity contribution in [2.75, 3.05) is 10.6 Å². The average molecular weight is 323 g/mol. The third-order valence-electron chi connectivity index (χ3n) is 3.10. The van der Waals surface area contributed by atoms with Crippen LogP contribution in [0.4, 0.5) is 11.4 Å². The van der Waals surface area contributed by atoms with Crippen molar-refractivity contribution in [2.24, 2.45) is 0 Å². The maximum atomic E-state index is 12.2. The van der Waals surface area contributed by atoms with Crippen molar-refractivity contribution in [1.82, 2.24) is 0 Å². The van der Waals surface area contributed by atoms with Crippen molar-refractivity contribution >= 4 is 23.2 Å². The lowest BCUT2D eigenvalue weighted by Gasteiger charge is -2.15. The van der Waals surface area contributed by atoms with Crippen LogP contribution in [-0.2, 0) is 9.59 Å². The Balaban J connectivity index is 2.01. The zero-order valence-electron chi connectivity index (χ0n) is 13.4. The summed E-state index contributed by atoms with van der Waals surface area (Å²) in [6, 6.07) is 15.4. The highest BCUT2D eigenvalue weighted by Gasteiger charge is 2.15. The number of rotatable bonds is 5. The maximum Gasteiger partial charge on any atom is 0.265 e. The summed E-state index contributed by atoms with van der Waals surface area (Å²) < 4.78 is 5.60. The van der Waals surface area contributed by atoms with Gasteiger partial charge in [0.05, 0.1) is 11.6 Å². The molecule has 0 aliphatic carbocycles. The van der Waals surface area contributed by atoms with Crippen molar-refractivity contribution in [2.45, 2.75) is 20.0 Å². The van der Waals surface area contributed by atoms with Gasteiger partial charge < -0.3 is 15.4 Å². The Hall–Kier alpha value is -3.33. The molecule has 0 fully saturated rings. The topological polar surface area (TPSA) is 91.2 Å². The quantitative estimate of drug-likeness (QED) is 0.885. The first-order chi connectivity index (χ1) is 11.5. The molecule has 0 heterocycles. The van der Waals surface area contributed by atoms with Gasteiger partial charge in [0.1, 0.15) is 5.75 Å². The predicted molar refractivity (Wildman–Crippen MR) is 90.6 cm³/mol. The summed E-state index contributed by atoms with van der Waals surface area (Å²) in [7, 11) is 0. The van der Waals surface area contributed by atoms with Crippen molar-refractivity contribution in [1.29, 1.82) is 5.26 Å². The second-order valence-electron chi connectivity index (χ2n) is 5.15. The zero-order chi connectivity index (χ0) is 17.5. The Morgan fingerprint density at radius 1 is 1.08 bits per heavy atom. The van der Waals surface area contributed by atoms with E-state index in [0.29, 0.717) is 22.7 Å². The van der Waals surface area contributed by atoms with E-state index in [2.05, 4.69) is 10.6 Å². The van der Waals surface area contributed by atoms with Gasteiger partial charge in [-0.25, -0.2) is 0 Å². The molecular formula is C18H17N3O3. The van der Waals surface area contributed by atoms with E-state index < -0.39 is 6.10 Å². The van der Waals surface area contributed by atoms with Crippen molar-refractivity contribution in [3.63, 3.8) is 0 Å². The minimum Gasteiger partial charge on any atom is -0.481 e. The van der Waals surface area contributed by atoms with E-state index in [-0.39, 0.29) is 11.8 Å². The lowest BCUT2D eigenvalue weighted by molar-refractivity contribution is -0.122. The van der Waals surface area contributed by atoms with Gasteiger partial charge in [-0.3, -0.25) is 9.59 Å². The molecule has 0 saturated carbocycles. The summed E-state index contributed by atoms with van der Waals surface area (Å²) in [5.41, 5.74) is 1.58. The molecule has 2 aromatic rings. The van der Waals surface area contributed by atoms with Crippen LogP contribution in [0.15, 0.2) is 48.5 Å². The number of ether oxygens (including phenoxy) is 1. The number of carbonyl (C=O) groups excluding carboxylic acids is 2. The van der Waals surface area contributed by atoms with Crippen LogP contribution in [0.1, 0.15) is 19.4 Å².